The Kier molecular flexibility index (Phi) is 7.17. The molecule has 0 atom stereocenters. The molecule has 0 amide bonds. The Morgan fingerprint density at radius 2 is 1.64 bits per heavy atom. The van der Waals surface area contributed by atoms with Crippen LogP contribution in [0.2, 0.25) is 0 Å². The first kappa shape index (κ1) is 23.1. The molecule has 33 heavy (non-hydrogen) atoms. The van der Waals surface area contributed by atoms with E-state index in [1.807, 2.05) is 0 Å². The normalized spacial score (nSPS) is 14.6. The van der Waals surface area contributed by atoms with Crippen LogP contribution in [0.3, 0.4) is 0 Å². The van der Waals surface area contributed by atoms with E-state index in [2.05, 4.69) is 61.0 Å². The van der Waals surface area contributed by atoms with E-state index in [9.17, 15) is 8.42 Å². The summed E-state index contributed by atoms with van der Waals surface area (Å²) in [6.07, 6.45) is 2.95. The molecule has 8 nitrogen and oxygen atoms in total. The van der Waals surface area contributed by atoms with Gasteiger partial charge in [0.2, 0.25) is 5.95 Å². The maximum atomic E-state index is 12.5. The second kappa shape index (κ2) is 10.2. The lowest BCUT2D eigenvalue weighted by Gasteiger charge is -2.36. The summed E-state index contributed by atoms with van der Waals surface area (Å²) in [5.41, 5.74) is 3.40. The minimum absolute atomic E-state index is 0.0300. The number of benzene rings is 2. The smallest absolute Gasteiger partial charge is 0.264 e. The predicted molar refractivity (Wildman–Crippen MR) is 134 cm³/mol. The molecule has 0 unspecified atom stereocenters. The van der Waals surface area contributed by atoms with Crippen molar-refractivity contribution < 1.29 is 8.42 Å². The molecule has 1 aliphatic heterocycles. The number of sulfonamides is 1. The van der Waals surface area contributed by atoms with Gasteiger partial charge in [-0.3, -0.25) is 4.90 Å². The van der Waals surface area contributed by atoms with Gasteiger partial charge in [0.1, 0.15) is 0 Å². The van der Waals surface area contributed by atoms with Gasteiger partial charge in [0.15, 0.2) is 5.11 Å². The maximum absolute atomic E-state index is 12.5. The zero-order chi connectivity index (χ0) is 23.3. The van der Waals surface area contributed by atoms with Crippen molar-refractivity contribution in [2.24, 2.45) is 0 Å². The summed E-state index contributed by atoms with van der Waals surface area (Å²) in [4.78, 5) is 12.5. The second-order valence-corrected chi connectivity index (χ2v) is 9.89. The lowest BCUT2D eigenvalue weighted by Crippen LogP contribution is -2.49. The molecular weight excluding hydrogens is 456 g/mol. The van der Waals surface area contributed by atoms with Crippen LogP contribution in [0, 0.1) is 6.92 Å². The average Bonchev–Trinajstić information content (AvgIpc) is 2.82. The number of hydrogen-bond acceptors (Lipinski definition) is 6. The molecule has 0 radical (unpaired) electrons. The molecule has 2 heterocycles. The number of nitrogens with zero attached hydrogens (tertiary/aromatic N) is 4. The summed E-state index contributed by atoms with van der Waals surface area (Å²) in [7, 11) is -3.77. The molecule has 0 spiro atoms. The zero-order valence-electron chi connectivity index (χ0n) is 18.3. The van der Waals surface area contributed by atoms with Crippen molar-refractivity contribution in [3.05, 3.63) is 78.1 Å². The summed E-state index contributed by atoms with van der Waals surface area (Å²) < 4.78 is 27.4. The van der Waals surface area contributed by atoms with E-state index in [1.165, 1.54) is 35.7 Å². The van der Waals surface area contributed by atoms with Crippen LogP contribution in [0.25, 0.3) is 0 Å². The van der Waals surface area contributed by atoms with Crippen LogP contribution in [0.1, 0.15) is 11.1 Å². The first-order chi connectivity index (χ1) is 15.9. The van der Waals surface area contributed by atoms with E-state index in [4.69, 9.17) is 12.2 Å². The molecule has 1 fully saturated rings. The van der Waals surface area contributed by atoms with E-state index >= 15 is 0 Å². The highest BCUT2D eigenvalue weighted by atomic mass is 32.2. The molecule has 1 saturated heterocycles. The number of aromatic nitrogens is 2. The number of rotatable bonds is 6. The highest BCUT2D eigenvalue weighted by Crippen LogP contribution is 2.18. The minimum atomic E-state index is -3.77. The van der Waals surface area contributed by atoms with E-state index in [0.717, 1.165) is 38.4 Å². The number of thiocarbonyl (C=S) groups is 1. The molecule has 172 valence electrons. The van der Waals surface area contributed by atoms with Gasteiger partial charge in [-0.25, -0.2) is 23.1 Å². The molecule has 1 aromatic heterocycles. The Labute approximate surface area is 199 Å². The second-order valence-electron chi connectivity index (χ2n) is 7.82. The quantitative estimate of drug-likeness (QED) is 0.518. The first-order valence-electron chi connectivity index (χ1n) is 10.6. The number of aryl methyl sites for hydroxylation is 1. The monoisotopic (exact) mass is 482 g/mol. The van der Waals surface area contributed by atoms with Crippen molar-refractivity contribution in [1.29, 1.82) is 0 Å². The Bertz CT molecular complexity index is 1200. The van der Waals surface area contributed by atoms with Crippen LogP contribution in [0.4, 0.5) is 11.6 Å². The van der Waals surface area contributed by atoms with E-state index < -0.39 is 10.0 Å². The van der Waals surface area contributed by atoms with E-state index in [-0.39, 0.29) is 10.8 Å². The largest absolute Gasteiger partial charge is 0.346 e. The molecule has 10 heteroatoms. The molecule has 4 rings (SSSR count). The van der Waals surface area contributed by atoms with Gasteiger partial charge in [-0.05, 0) is 60.6 Å². The standard InChI is InChI=1S/C23H26N6O2S2/c1-18-5-2-3-6-19(18)17-28-13-15-29(16-14-28)23(32)26-20-7-9-21(10-8-20)33(30,31)27-22-24-11-4-12-25-22/h2-12H,13-17H2,1H3,(H,26,32)(H,24,25,27). The number of piperazine rings is 1. The third-order valence-electron chi connectivity index (χ3n) is 5.52. The Morgan fingerprint density at radius 1 is 0.970 bits per heavy atom. The lowest BCUT2D eigenvalue weighted by atomic mass is 10.1. The summed E-state index contributed by atoms with van der Waals surface area (Å²) in [5.74, 6) is 0.0300. The maximum Gasteiger partial charge on any atom is 0.264 e. The van der Waals surface area contributed by atoms with Crippen LogP contribution >= 0.6 is 12.2 Å². The molecule has 2 aromatic carbocycles. The molecule has 3 aromatic rings. The Morgan fingerprint density at radius 3 is 2.30 bits per heavy atom. The summed E-state index contributed by atoms with van der Waals surface area (Å²) in [5, 5.41) is 3.85. The van der Waals surface area contributed by atoms with Crippen LogP contribution < -0.4 is 10.0 Å². The van der Waals surface area contributed by atoms with Crippen LogP contribution in [-0.2, 0) is 16.6 Å². The van der Waals surface area contributed by atoms with Gasteiger partial charge in [0, 0.05) is 50.8 Å². The average molecular weight is 483 g/mol. The third-order valence-corrected chi connectivity index (χ3v) is 7.23. The Hall–Kier alpha value is -3.08. The molecular formula is C23H26N6O2S2. The Balaban J connectivity index is 1.30. The molecule has 0 aliphatic carbocycles. The van der Waals surface area contributed by atoms with Crippen LogP contribution in [0.15, 0.2) is 71.9 Å². The summed E-state index contributed by atoms with van der Waals surface area (Å²) >= 11 is 5.59. The highest BCUT2D eigenvalue weighted by molar-refractivity contribution is 7.92. The topological polar surface area (TPSA) is 90.5 Å². The van der Waals surface area contributed by atoms with E-state index in [0.29, 0.717) is 5.11 Å². The predicted octanol–water partition coefficient (Wildman–Crippen LogP) is 3.10. The fourth-order valence-corrected chi connectivity index (χ4v) is 4.85. The van der Waals surface area contributed by atoms with Crippen molar-refractivity contribution in [2.45, 2.75) is 18.4 Å². The number of nitrogens with one attached hydrogen (secondary N) is 2. The summed E-state index contributed by atoms with van der Waals surface area (Å²) in [6, 6.07) is 16.5. The van der Waals surface area contributed by atoms with Crippen molar-refractivity contribution >= 4 is 39.0 Å². The first-order valence-corrected chi connectivity index (χ1v) is 12.5. The molecule has 1 aliphatic rings. The third kappa shape index (κ3) is 6.04. The van der Waals surface area contributed by atoms with Crippen molar-refractivity contribution in [3.63, 3.8) is 0 Å². The van der Waals surface area contributed by atoms with E-state index in [1.54, 1.807) is 18.2 Å². The lowest BCUT2D eigenvalue weighted by molar-refractivity contribution is 0.176. The zero-order valence-corrected chi connectivity index (χ0v) is 19.9. The molecule has 0 saturated carbocycles. The molecule has 0 bridgehead atoms. The van der Waals surface area contributed by atoms with Gasteiger partial charge in [0.25, 0.3) is 10.0 Å². The highest BCUT2D eigenvalue weighted by Gasteiger charge is 2.20. The van der Waals surface area contributed by atoms with Gasteiger partial charge in [-0.2, -0.15) is 0 Å². The van der Waals surface area contributed by atoms with Crippen LogP contribution in [0.5, 0.6) is 0 Å². The van der Waals surface area contributed by atoms with Gasteiger partial charge in [0.05, 0.1) is 4.90 Å². The van der Waals surface area contributed by atoms with Gasteiger partial charge < -0.3 is 10.2 Å². The number of hydrogen-bond donors (Lipinski definition) is 2. The number of anilines is 2. The fraction of sp³-hybridized carbons (Fsp3) is 0.261. The molecule has 2 N–H and O–H groups in total. The van der Waals surface area contributed by atoms with Gasteiger partial charge >= 0.3 is 0 Å². The van der Waals surface area contributed by atoms with Crippen molar-refractivity contribution in [3.8, 4) is 0 Å². The minimum Gasteiger partial charge on any atom is -0.346 e. The SMILES string of the molecule is Cc1ccccc1CN1CCN(C(=S)Nc2ccc(S(=O)(=O)Nc3ncccn3)cc2)CC1. The van der Waals surface area contributed by atoms with Crippen LogP contribution in [-0.4, -0.2) is 59.5 Å². The summed E-state index contributed by atoms with van der Waals surface area (Å²) in [6.45, 7) is 6.63. The van der Waals surface area contributed by atoms with Gasteiger partial charge in [-0.1, -0.05) is 24.3 Å². The van der Waals surface area contributed by atoms with Crippen molar-refractivity contribution in [2.75, 3.05) is 36.2 Å². The fourth-order valence-electron chi connectivity index (χ4n) is 3.59. The van der Waals surface area contributed by atoms with Gasteiger partial charge in [-0.15, -0.1) is 0 Å². The van der Waals surface area contributed by atoms with Crippen molar-refractivity contribution in [1.82, 2.24) is 19.8 Å².